The minimum atomic E-state index is -0.0150. The first-order valence-electron chi connectivity index (χ1n) is 4.37. The van der Waals surface area contributed by atoms with E-state index in [1.54, 1.807) is 0 Å². The Bertz CT molecular complexity index is 299. The molecular formula is C8H13ClN4O2. The molecule has 6 nitrogen and oxygen atoms in total. The molecule has 0 saturated carbocycles. The molecule has 0 saturated heterocycles. The van der Waals surface area contributed by atoms with E-state index in [4.69, 9.17) is 21.1 Å². The number of hydrogen-bond acceptors (Lipinski definition) is 6. The van der Waals surface area contributed by atoms with E-state index in [1.807, 2.05) is 6.92 Å². The summed E-state index contributed by atoms with van der Waals surface area (Å²) in [5.74, 6) is 0.381. The first-order chi connectivity index (χ1) is 7.15. The third kappa shape index (κ3) is 3.75. The standard InChI is InChI=1S/C8H13ClN4O2/c1-5(9)4-10-6-11-7(14-2)13-8(12-6)15-3/h5H,4H2,1-3H3,(H,10,11,12,13). The molecule has 84 valence electrons. The van der Waals surface area contributed by atoms with Gasteiger partial charge in [0, 0.05) is 11.9 Å². The summed E-state index contributed by atoms with van der Waals surface area (Å²) in [6, 6.07) is 0.401. The number of aromatic nitrogens is 3. The van der Waals surface area contributed by atoms with Gasteiger partial charge >= 0.3 is 12.0 Å². The number of nitrogens with one attached hydrogen (secondary N) is 1. The monoisotopic (exact) mass is 232 g/mol. The first kappa shape index (κ1) is 11.8. The average molecular weight is 233 g/mol. The van der Waals surface area contributed by atoms with Gasteiger partial charge in [0.05, 0.1) is 14.2 Å². The molecule has 0 fully saturated rings. The number of hydrogen-bond donors (Lipinski definition) is 1. The van der Waals surface area contributed by atoms with Crippen LogP contribution in [0, 0.1) is 0 Å². The molecule has 7 heteroatoms. The van der Waals surface area contributed by atoms with E-state index < -0.39 is 0 Å². The van der Waals surface area contributed by atoms with Gasteiger partial charge in [-0.25, -0.2) is 0 Å². The van der Waals surface area contributed by atoms with E-state index in [1.165, 1.54) is 14.2 Å². The van der Waals surface area contributed by atoms with Gasteiger partial charge in [-0.05, 0) is 6.92 Å². The number of nitrogens with zero attached hydrogens (tertiary/aromatic N) is 3. The second kappa shape index (κ2) is 5.55. The van der Waals surface area contributed by atoms with Crippen molar-refractivity contribution in [2.24, 2.45) is 0 Å². The largest absolute Gasteiger partial charge is 0.467 e. The highest BCUT2D eigenvalue weighted by molar-refractivity contribution is 6.20. The zero-order valence-electron chi connectivity index (χ0n) is 8.82. The Kier molecular flexibility index (Phi) is 4.36. The normalized spacial score (nSPS) is 12.0. The molecule has 1 rings (SSSR count). The van der Waals surface area contributed by atoms with Crippen molar-refractivity contribution in [3.8, 4) is 12.0 Å². The second-order valence-corrected chi connectivity index (χ2v) is 3.54. The molecule has 1 aromatic heterocycles. The van der Waals surface area contributed by atoms with Crippen LogP contribution in [-0.2, 0) is 0 Å². The summed E-state index contributed by atoms with van der Waals surface area (Å²) in [7, 11) is 2.95. The van der Waals surface area contributed by atoms with Crippen molar-refractivity contribution in [2.75, 3.05) is 26.1 Å². The minimum Gasteiger partial charge on any atom is -0.467 e. The number of methoxy groups -OCH3 is 2. The maximum absolute atomic E-state index is 5.78. The van der Waals surface area contributed by atoms with Crippen molar-refractivity contribution in [1.29, 1.82) is 0 Å². The Labute approximate surface area is 93.0 Å². The van der Waals surface area contributed by atoms with Crippen LogP contribution >= 0.6 is 11.6 Å². The van der Waals surface area contributed by atoms with Gasteiger partial charge in [-0.3, -0.25) is 0 Å². The van der Waals surface area contributed by atoms with Gasteiger partial charge in [0.25, 0.3) is 0 Å². The summed E-state index contributed by atoms with van der Waals surface area (Å²) in [6.45, 7) is 2.42. The lowest BCUT2D eigenvalue weighted by atomic mass is 10.5. The predicted octanol–water partition coefficient (Wildman–Crippen LogP) is 0.928. The van der Waals surface area contributed by atoms with E-state index in [2.05, 4.69) is 20.3 Å². The number of anilines is 1. The summed E-state index contributed by atoms with van der Waals surface area (Å²) in [4.78, 5) is 11.8. The molecule has 0 spiro atoms. The number of alkyl halides is 1. The van der Waals surface area contributed by atoms with Gasteiger partial charge in [0.1, 0.15) is 0 Å². The lowest BCUT2D eigenvalue weighted by Gasteiger charge is -2.07. The molecule has 1 heterocycles. The van der Waals surface area contributed by atoms with Gasteiger partial charge in [-0.15, -0.1) is 16.6 Å². The van der Waals surface area contributed by atoms with Gasteiger partial charge in [-0.2, -0.15) is 9.97 Å². The molecule has 0 aliphatic carbocycles. The maximum atomic E-state index is 5.78. The summed E-state index contributed by atoms with van der Waals surface area (Å²) >= 11 is 5.78. The molecule has 1 atom stereocenters. The van der Waals surface area contributed by atoms with Crippen LogP contribution in [0.2, 0.25) is 0 Å². The zero-order chi connectivity index (χ0) is 11.3. The molecule has 1 unspecified atom stereocenters. The van der Waals surface area contributed by atoms with Crippen LogP contribution in [-0.4, -0.2) is 41.1 Å². The summed E-state index contributed by atoms with van der Waals surface area (Å²) in [5.41, 5.74) is 0. The molecule has 0 aromatic carbocycles. The molecule has 0 radical (unpaired) electrons. The fraction of sp³-hybridized carbons (Fsp3) is 0.625. The van der Waals surface area contributed by atoms with Crippen molar-refractivity contribution < 1.29 is 9.47 Å². The number of rotatable bonds is 5. The van der Waals surface area contributed by atoms with Crippen LogP contribution in [0.4, 0.5) is 5.95 Å². The SMILES string of the molecule is COc1nc(NCC(C)Cl)nc(OC)n1. The quantitative estimate of drug-likeness (QED) is 0.762. The van der Waals surface area contributed by atoms with E-state index >= 15 is 0 Å². The van der Waals surface area contributed by atoms with Crippen LogP contribution in [0.3, 0.4) is 0 Å². The molecule has 0 aliphatic heterocycles. The molecule has 1 aromatic rings. The second-order valence-electron chi connectivity index (χ2n) is 2.79. The third-order valence-electron chi connectivity index (χ3n) is 1.50. The fourth-order valence-corrected chi connectivity index (χ4v) is 0.909. The summed E-state index contributed by atoms with van der Waals surface area (Å²) in [6.07, 6.45) is 0. The maximum Gasteiger partial charge on any atom is 0.324 e. The van der Waals surface area contributed by atoms with Crippen molar-refractivity contribution in [1.82, 2.24) is 15.0 Å². The molecule has 0 amide bonds. The van der Waals surface area contributed by atoms with E-state index in [-0.39, 0.29) is 17.4 Å². The average Bonchev–Trinajstić information content (AvgIpc) is 2.25. The minimum absolute atomic E-state index is 0.0150. The molecule has 15 heavy (non-hydrogen) atoms. The Morgan fingerprint density at radius 1 is 1.20 bits per heavy atom. The Morgan fingerprint density at radius 3 is 2.13 bits per heavy atom. The number of ether oxygens (including phenoxy) is 2. The third-order valence-corrected chi connectivity index (χ3v) is 1.66. The Hall–Kier alpha value is -1.30. The van der Waals surface area contributed by atoms with Crippen molar-refractivity contribution >= 4 is 17.5 Å². The zero-order valence-corrected chi connectivity index (χ0v) is 9.58. The predicted molar refractivity (Wildman–Crippen MR) is 56.7 cm³/mol. The fourth-order valence-electron chi connectivity index (χ4n) is 0.832. The van der Waals surface area contributed by atoms with Gasteiger partial charge in [0.2, 0.25) is 5.95 Å². The summed E-state index contributed by atoms with van der Waals surface area (Å²) in [5, 5.41) is 2.92. The van der Waals surface area contributed by atoms with Crippen LogP contribution in [0.15, 0.2) is 0 Å². The smallest absolute Gasteiger partial charge is 0.324 e. The lowest BCUT2D eigenvalue weighted by Crippen LogP contribution is -2.13. The van der Waals surface area contributed by atoms with Crippen LogP contribution in [0.5, 0.6) is 12.0 Å². The molecule has 1 N–H and O–H groups in total. The Balaban J connectivity index is 2.77. The highest BCUT2D eigenvalue weighted by atomic mass is 35.5. The van der Waals surface area contributed by atoms with E-state index in [0.29, 0.717) is 12.5 Å². The van der Waals surface area contributed by atoms with Crippen LogP contribution < -0.4 is 14.8 Å². The highest BCUT2D eigenvalue weighted by Gasteiger charge is 2.07. The molecule has 0 bridgehead atoms. The molecular weight excluding hydrogens is 220 g/mol. The van der Waals surface area contributed by atoms with E-state index in [0.717, 1.165) is 0 Å². The number of halogens is 1. The van der Waals surface area contributed by atoms with Gasteiger partial charge in [-0.1, -0.05) is 0 Å². The van der Waals surface area contributed by atoms with Crippen molar-refractivity contribution in [2.45, 2.75) is 12.3 Å². The topological polar surface area (TPSA) is 69.2 Å². The Morgan fingerprint density at radius 2 is 1.73 bits per heavy atom. The first-order valence-corrected chi connectivity index (χ1v) is 4.81. The molecule has 0 aliphatic rings. The van der Waals surface area contributed by atoms with E-state index in [9.17, 15) is 0 Å². The summed E-state index contributed by atoms with van der Waals surface area (Å²) < 4.78 is 9.78. The van der Waals surface area contributed by atoms with Crippen LogP contribution in [0.25, 0.3) is 0 Å². The van der Waals surface area contributed by atoms with Crippen molar-refractivity contribution in [3.05, 3.63) is 0 Å². The highest BCUT2D eigenvalue weighted by Crippen LogP contribution is 2.12. The van der Waals surface area contributed by atoms with Crippen molar-refractivity contribution in [3.63, 3.8) is 0 Å². The lowest BCUT2D eigenvalue weighted by molar-refractivity contribution is 0.341. The van der Waals surface area contributed by atoms with Gasteiger partial charge in [0.15, 0.2) is 0 Å². The van der Waals surface area contributed by atoms with Gasteiger partial charge < -0.3 is 14.8 Å². The van der Waals surface area contributed by atoms with Crippen LogP contribution in [0.1, 0.15) is 6.92 Å².